The van der Waals surface area contributed by atoms with E-state index in [4.69, 9.17) is 14.6 Å². The van der Waals surface area contributed by atoms with Gasteiger partial charge in [0.05, 0.1) is 30.7 Å². The molecule has 1 unspecified atom stereocenters. The van der Waals surface area contributed by atoms with Gasteiger partial charge in [-0.3, -0.25) is 9.69 Å². The first-order valence-corrected chi connectivity index (χ1v) is 15.6. The number of ether oxygens (including phenoxy) is 2. The Hall–Kier alpha value is -5.05. The molecule has 1 aliphatic rings. The van der Waals surface area contributed by atoms with E-state index in [9.17, 15) is 15.2 Å². The molecule has 1 fully saturated rings. The van der Waals surface area contributed by atoms with Crippen molar-refractivity contribution in [3.8, 4) is 17.6 Å². The van der Waals surface area contributed by atoms with E-state index in [2.05, 4.69) is 6.07 Å². The molecule has 0 aliphatic carbocycles. The second-order valence-corrected chi connectivity index (χ2v) is 12.2. The quantitative estimate of drug-likeness (QED) is 0.173. The number of aliphatic carboxylic acids is 1. The number of methoxy groups -OCH3 is 1. The molecule has 0 saturated carbocycles. The Labute approximate surface area is 275 Å². The van der Waals surface area contributed by atoms with Gasteiger partial charge in [0.15, 0.2) is 11.5 Å². The fraction of sp³-hybridized carbons (Fsp3) is 0.297. The van der Waals surface area contributed by atoms with Crippen molar-refractivity contribution in [1.82, 2.24) is 9.47 Å². The third-order valence-corrected chi connectivity index (χ3v) is 9.01. The lowest BCUT2D eigenvalue weighted by molar-refractivity contribution is -0.272. The van der Waals surface area contributed by atoms with Crippen molar-refractivity contribution in [2.24, 2.45) is 0 Å². The summed E-state index contributed by atoms with van der Waals surface area (Å²) in [6.45, 7) is 0.0549. The van der Waals surface area contributed by atoms with E-state index in [1.165, 1.54) is 25.4 Å². The SMILES string of the molecule is COc1cc(CC(=O)O)ccc1OC1CCN(CC(O)(c2cn(Cc3cccc4ccccc34)c3cc(C#N)ccc23)C(F)(F)F)CC1. The van der Waals surface area contributed by atoms with E-state index in [0.29, 0.717) is 41.0 Å². The molecule has 0 bridgehead atoms. The first-order chi connectivity index (χ1) is 23.0. The lowest BCUT2D eigenvalue weighted by Crippen LogP contribution is -2.53. The minimum atomic E-state index is -5.00. The molecule has 2 heterocycles. The highest BCUT2D eigenvalue weighted by Crippen LogP contribution is 2.44. The number of nitrogens with zero attached hydrogens (tertiary/aromatic N) is 3. The highest BCUT2D eigenvalue weighted by molar-refractivity contribution is 5.88. The average Bonchev–Trinajstić information content (AvgIpc) is 3.43. The van der Waals surface area contributed by atoms with Crippen LogP contribution in [-0.2, 0) is 23.4 Å². The monoisotopic (exact) mass is 657 g/mol. The van der Waals surface area contributed by atoms with E-state index in [0.717, 1.165) is 16.3 Å². The zero-order valence-electron chi connectivity index (χ0n) is 26.2. The van der Waals surface area contributed by atoms with Crippen LogP contribution in [0.2, 0.25) is 0 Å². The van der Waals surface area contributed by atoms with Crippen molar-refractivity contribution < 1.29 is 37.7 Å². The smallest absolute Gasteiger partial charge is 0.422 e. The number of halogens is 3. The number of carboxylic acids is 1. The normalized spacial score (nSPS) is 15.7. The van der Waals surface area contributed by atoms with Crippen LogP contribution in [0.1, 0.15) is 35.1 Å². The van der Waals surface area contributed by atoms with E-state index in [1.54, 1.807) is 33.7 Å². The maximum atomic E-state index is 15.0. The highest BCUT2D eigenvalue weighted by atomic mass is 19.4. The predicted molar refractivity (Wildman–Crippen MR) is 174 cm³/mol. The van der Waals surface area contributed by atoms with Crippen LogP contribution >= 0.6 is 0 Å². The number of nitriles is 1. The summed E-state index contributed by atoms with van der Waals surface area (Å²) >= 11 is 0. The first-order valence-electron chi connectivity index (χ1n) is 15.6. The van der Waals surface area contributed by atoms with Crippen molar-refractivity contribution in [2.45, 2.75) is 43.7 Å². The summed E-state index contributed by atoms with van der Waals surface area (Å²) in [5.41, 5.74) is -1.29. The van der Waals surface area contributed by atoms with Gasteiger partial charge in [-0.1, -0.05) is 54.6 Å². The largest absolute Gasteiger partial charge is 0.493 e. The van der Waals surface area contributed by atoms with E-state index >= 15 is 13.2 Å². The fourth-order valence-corrected chi connectivity index (χ4v) is 6.55. The molecule has 48 heavy (non-hydrogen) atoms. The van der Waals surface area contributed by atoms with Crippen LogP contribution in [0.3, 0.4) is 0 Å². The van der Waals surface area contributed by atoms with Gasteiger partial charge in [0, 0.05) is 43.3 Å². The summed E-state index contributed by atoms with van der Waals surface area (Å²) in [7, 11) is 1.45. The number of carboxylic acid groups (broad SMARTS) is 1. The van der Waals surface area contributed by atoms with Crippen LogP contribution in [-0.4, -0.2) is 64.7 Å². The molecule has 1 aliphatic heterocycles. The number of aliphatic hydroxyl groups is 1. The zero-order valence-corrected chi connectivity index (χ0v) is 26.2. The van der Waals surface area contributed by atoms with E-state index in [-0.39, 0.29) is 43.1 Å². The first kappa shape index (κ1) is 32.9. The summed E-state index contributed by atoms with van der Waals surface area (Å²) in [5, 5.41) is 32.5. The van der Waals surface area contributed by atoms with Gasteiger partial charge in [-0.05, 0) is 59.0 Å². The molecule has 1 atom stereocenters. The summed E-state index contributed by atoms with van der Waals surface area (Å²) < 4.78 is 58.2. The molecule has 11 heteroatoms. The lowest BCUT2D eigenvalue weighted by atomic mass is 9.90. The summed E-state index contributed by atoms with van der Waals surface area (Å²) in [6.07, 6.45) is -3.30. The second kappa shape index (κ2) is 13.2. The van der Waals surface area contributed by atoms with Gasteiger partial charge in [0.1, 0.15) is 6.10 Å². The van der Waals surface area contributed by atoms with Gasteiger partial charge >= 0.3 is 12.1 Å². The molecule has 1 saturated heterocycles. The minimum absolute atomic E-state index is 0.168. The van der Waals surface area contributed by atoms with Gasteiger partial charge in [0.2, 0.25) is 5.60 Å². The minimum Gasteiger partial charge on any atom is -0.493 e. The molecule has 0 radical (unpaired) electrons. The summed E-state index contributed by atoms with van der Waals surface area (Å²) in [4.78, 5) is 12.7. The molecule has 1 aromatic heterocycles. The Bertz CT molecular complexity index is 2000. The molecule has 0 spiro atoms. The van der Waals surface area contributed by atoms with Crippen LogP contribution in [0.25, 0.3) is 21.7 Å². The molecule has 0 amide bonds. The average molecular weight is 658 g/mol. The second-order valence-electron chi connectivity index (χ2n) is 12.2. The Morgan fingerprint density at radius 2 is 1.73 bits per heavy atom. The van der Waals surface area contributed by atoms with Gasteiger partial charge in [-0.2, -0.15) is 18.4 Å². The Balaban J connectivity index is 1.26. The van der Waals surface area contributed by atoms with Gasteiger partial charge in [-0.15, -0.1) is 0 Å². The van der Waals surface area contributed by atoms with E-state index in [1.807, 2.05) is 42.5 Å². The number of benzene rings is 4. The topological polar surface area (TPSA) is 108 Å². The molecular formula is C37H34F3N3O5. The van der Waals surface area contributed by atoms with Crippen molar-refractivity contribution in [2.75, 3.05) is 26.7 Å². The van der Waals surface area contributed by atoms with Crippen LogP contribution in [0.15, 0.2) is 85.1 Å². The van der Waals surface area contributed by atoms with E-state index < -0.39 is 24.3 Å². The van der Waals surface area contributed by atoms with Gasteiger partial charge in [0.25, 0.3) is 0 Å². The number of piperidine rings is 1. The standard InChI is InChI=1S/C37H34F3N3O5/c1-47-34-18-24(19-35(44)45)10-12-33(34)48-28-13-15-42(16-14-28)23-36(46,37(38,39)40)31-22-43(32-17-25(20-41)9-11-30(31)32)21-27-7-4-6-26-5-2-3-8-29(26)27/h2-12,17-18,22,28,46H,13-16,19,21,23H2,1H3,(H,44,45). The number of hydrogen-bond donors (Lipinski definition) is 2. The van der Waals surface area contributed by atoms with Gasteiger partial charge in [-0.25, -0.2) is 0 Å². The van der Waals surface area contributed by atoms with Crippen molar-refractivity contribution >= 4 is 27.6 Å². The van der Waals surface area contributed by atoms with Crippen LogP contribution in [0, 0.1) is 11.3 Å². The Morgan fingerprint density at radius 3 is 2.44 bits per heavy atom. The maximum Gasteiger partial charge on any atom is 0.422 e. The molecule has 248 valence electrons. The third kappa shape index (κ3) is 6.54. The molecule has 8 nitrogen and oxygen atoms in total. The Morgan fingerprint density at radius 1 is 0.979 bits per heavy atom. The molecule has 6 rings (SSSR count). The third-order valence-electron chi connectivity index (χ3n) is 9.01. The molecule has 5 aromatic rings. The zero-order chi connectivity index (χ0) is 34.1. The number of rotatable bonds is 10. The maximum absolute atomic E-state index is 15.0. The van der Waals surface area contributed by atoms with Crippen molar-refractivity contribution in [3.63, 3.8) is 0 Å². The fourth-order valence-electron chi connectivity index (χ4n) is 6.55. The van der Waals surface area contributed by atoms with Crippen LogP contribution in [0.5, 0.6) is 11.5 Å². The Kier molecular flexibility index (Phi) is 9.05. The van der Waals surface area contributed by atoms with Crippen molar-refractivity contribution in [1.29, 1.82) is 5.26 Å². The number of hydrogen-bond acceptors (Lipinski definition) is 6. The number of carbonyl (C=O) groups is 1. The number of β-amino-alcohol motifs (C(OH)–C–C–N with tert-alkyl or cyclic N) is 1. The number of alkyl halides is 3. The van der Waals surface area contributed by atoms with Crippen LogP contribution < -0.4 is 9.47 Å². The predicted octanol–water partition coefficient (Wildman–Crippen LogP) is 6.64. The highest BCUT2D eigenvalue weighted by Gasteiger charge is 2.57. The number of fused-ring (bicyclic) bond motifs is 2. The van der Waals surface area contributed by atoms with Gasteiger partial charge < -0.3 is 24.3 Å². The summed E-state index contributed by atoms with van der Waals surface area (Å²) in [6, 6.07) is 25.0. The van der Waals surface area contributed by atoms with Crippen molar-refractivity contribution in [3.05, 3.63) is 107 Å². The number of likely N-dealkylation sites (tertiary alicyclic amines) is 1. The molecule has 4 aromatic carbocycles. The summed E-state index contributed by atoms with van der Waals surface area (Å²) in [5.74, 6) is -0.173. The molecule has 2 N–H and O–H groups in total. The number of aromatic nitrogens is 1. The molecular weight excluding hydrogens is 623 g/mol. The lowest BCUT2D eigenvalue weighted by Gasteiger charge is -2.39. The van der Waals surface area contributed by atoms with Crippen LogP contribution in [0.4, 0.5) is 13.2 Å².